The summed E-state index contributed by atoms with van der Waals surface area (Å²) >= 11 is 0. The van der Waals surface area contributed by atoms with Crippen molar-refractivity contribution in [1.29, 1.82) is 0 Å². The predicted molar refractivity (Wildman–Crippen MR) is 92.8 cm³/mol. The highest BCUT2D eigenvalue weighted by Crippen LogP contribution is 2.38. The Labute approximate surface area is 137 Å². The minimum Gasteiger partial charge on any atom is -0.458 e. The van der Waals surface area contributed by atoms with Gasteiger partial charge in [-0.05, 0) is 64.3 Å². The Balaban J connectivity index is 2.75. The molecule has 1 aliphatic rings. The first-order valence-electron chi connectivity index (χ1n) is 8.82. The number of hydrogen-bond donors (Lipinski definition) is 1. The summed E-state index contributed by atoms with van der Waals surface area (Å²) in [4.78, 5) is 12.8. The second-order valence-electron chi connectivity index (χ2n) is 9.27. The SMILES string of the molecule is CNC(C)(CC(C)(C)C)C(=O)OC(C)(C)C1CCC(C)CC1. The average Bonchev–Trinajstić information content (AvgIpc) is 2.36. The number of ether oxygens (including phenoxy) is 1. The summed E-state index contributed by atoms with van der Waals surface area (Å²) < 4.78 is 6.01. The van der Waals surface area contributed by atoms with Crippen LogP contribution in [0.25, 0.3) is 0 Å². The highest BCUT2D eigenvalue weighted by molar-refractivity contribution is 5.80. The van der Waals surface area contributed by atoms with Gasteiger partial charge in [-0.25, -0.2) is 0 Å². The number of rotatable bonds is 5. The molecular formula is C19H37NO2. The van der Waals surface area contributed by atoms with E-state index in [-0.39, 0.29) is 17.0 Å². The predicted octanol–water partition coefficient (Wildman–Crippen LogP) is 4.55. The fourth-order valence-corrected chi connectivity index (χ4v) is 3.71. The molecule has 1 saturated carbocycles. The first kappa shape index (κ1) is 19.5. The van der Waals surface area contributed by atoms with Crippen molar-refractivity contribution in [3.63, 3.8) is 0 Å². The molecule has 1 fully saturated rings. The fourth-order valence-electron chi connectivity index (χ4n) is 3.71. The van der Waals surface area contributed by atoms with Gasteiger partial charge >= 0.3 is 5.97 Å². The quantitative estimate of drug-likeness (QED) is 0.757. The van der Waals surface area contributed by atoms with Gasteiger partial charge in [0.25, 0.3) is 0 Å². The molecule has 0 aromatic heterocycles. The van der Waals surface area contributed by atoms with Gasteiger partial charge in [0.05, 0.1) is 0 Å². The molecule has 130 valence electrons. The van der Waals surface area contributed by atoms with Crippen LogP contribution >= 0.6 is 0 Å². The molecule has 1 aliphatic carbocycles. The molecule has 1 N–H and O–H groups in total. The summed E-state index contributed by atoms with van der Waals surface area (Å²) in [7, 11) is 1.85. The van der Waals surface area contributed by atoms with Crippen LogP contribution in [0.4, 0.5) is 0 Å². The highest BCUT2D eigenvalue weighted by atomic mass is 16.6. The molecule has 3 nitrogen and oxygen atoms in total. The first-order valence-corrected chi connectivity index (χ1v) is 8.82. The third-order valence-corrected chi connectivity index (χ3v) is 5.24. The van der Waals surface area contributed by atoms with Crippen molar-refractivity contribution in [2.24, 2.45) is 17.3 Å². The van der Waals surface area contributed by atoms with Crippen LogP contribution in [0.15, 0.2) is 0 Å². The van der Waals surface area contributed by atoms with Crippen molar-refractivity contribution in [1.82, 2.24) is 5.32 Å². The van der Waals surface area contributed by atoms with Gasteiger partial charge in [0.1, 0.15) is 11.1 Å². The molecule has 0 aromatic carbocycles. The molecule has 0 saturated heterocycles. The Morgan fingerprint density at radius 3 is 1.95 bits per heavy atom. The maximum atomic E-state index is 12.8. The van der Waals surface area contributed by atoms with E-state index in [9.17, 15) is 4.79 Å². The van der Waals surface area contributed by atoms with Crippen LogP contribution in [0, 0.1) is 17.3 Å². The number of nitrogens with one attached hydrogen (secondary N) is 1. The summed E-state index contributed by atoms with van der Waals surface area (Å²) in [5.74, 6) is 1.17. The largest absolute Gasteiger partial charge is 0.458 e. The van der Waals surface area contributed by atoms with Gasteiger partial charge < -0.3 is 10.1 Å². The number of hydrogen-bond acceptors (Lipinski definition) is 3. The van der Waals surface area contributed by atoms with E-state index >= 15 is 0 Å². The molecule has 0 aromatic rings. The Morgan fingerprint density at radius 1 is 1.05 bits per heavy atom. The molecule has 0 heterocycles. The lowest BCUT2D eigenvalue weighted by molar-refractivity contribution is -0.172. The van der Waals surface area contributed by atoms with Crippen LogP contribution in [0.3, 0.4) is 0 Å². The Morgan fingerprint density at radius 2 is 1.55 bits per heavy atom. The van der Waals surface area contributed by atoms with E-state index in [1.165, 1.54) is 12.8 Å². The van der Waals surface area contributed by atoms with Crippen LogP contribution in [0.1, 0.15) is 80.6 Å². The maximum absolute atomic E-state index is 12.8. The van der Waals surface area contributed by atoms with E-state index in [0.717, 1.165) is 25.2 Å². The average molecular weight is 312 g/mol. The van der Waals surface area contributed by atoms with Gasteiger partial charge in [-0.2, -0.15) is 0 Å². The minimum atomic E-state index is -0.628. The van der Waals surface area contributed by atoms with Gasteiger partial charge in [-0.3, -0.25) is 4.79 Å². The van der Waals surface area contributed by atoms with Crippen LogP contribution in [0.5, 0.6) is 0 Å². The Kier molecular flexibility index (Phi) is 6.11. The summed E-state index contributed by atoms with van der Waals surface area (Å²) in [6.07, 6.45) is 5.58. The van der Waals surface area contributed by atoms with Crippen molar-refractivity contribution >= 4 is 5.97 Å². The van der Waals surface area contributed by atoms with Crippen molar-refractivity contribution in [2.45, 2.75) is 91.7 Å². The van der Waals surface area contributed by atoms with E-state index in [2.05, 4.69) is 46.9 Å². The molecule has 3 heteroatoms. The molecule has 0 aliphatic heterocycles. The molecule has 0 bridgehead atoms. The molecule has 1 rings (SSSR count). The van der Waals surface area contributed by atoms with Gasteiger partial charge in [-0.15, -0.1) is 0 Å². The van der Waals surface area contributed by atoms with E-state index < -0.39 is 5.54 Å². The number of carbonyl (C=O) groups excluding carboxylic acids is 1. The van der Waals surface area contributed by atoms with Gasteiger partial charge in [0.2, 0.25) is 0 Å². The van der Waals surface area contributed by atoms with E-state index in [4.69, 9.17) is 4.74 Å². The molecule has 22 heavy (non-hydrogen) atoms. The molecular weight excluding hydrogens is 274 g/mol. The zero-order chi connectivity index (χ0) is 17.2. The zero-order valence-corrected chi connectivity index (χ0v) is 16.0. The third kappa shape index (κ3) is 5.26. The Hall–Kier alpha value is -0.570. The lowest BCUT2D eigenvalue weighted by Gasteiger charge is -2.41. The maximum Gasteiger partial charge on any atom is 0.326 e. The first-order chi connectivity index (χ1) is 9.89. The normalized spacial score (nSPS) is 26.4. The van der Waals surface area contributed by atoms with Crippen LogP contribution in [0.2, 0.25) is 0 Å². The summed E-state index contributed by atoms with van der Waals surface area (Å²) in [6.45, 7) is 14.9. The van der Waals surface area contributed by atoms with Crippen molar-refractivity contribution < 1.29 is 9.53 Å². The third-order valence-electron chi connectivity index (χ3n) is 5.24. The number of esters is 1. The van der Waals surface area contributed by atoms with Gasteiger partial charge in [0.15, 0.2) is 0 Å². The summed E-state index contributed by atoms with van der Waals surface area (Å²) in [5, 5.41) is 3.19. The monoisotopic (exact) mass is 311 g/mol. The second-order valence-corrected chi connectivity index (χ2v) is 9.27. The van der Waals surface area contributed by atoms with E-state index in [1.54, 1.807) is 0 Å². The van der Waals surface area contributed by atoms with E-state index in [0.29, 0.717) is 5.92 Å². The smallest absolute Gasteiger partial charge is 0.326 e. The summed E-state index contributed by atoms with van der Waals surface area (Å²) in [6, 6.07) is 0. The minimum absolute atomic E-state index is 0.0706. The highest BCUT2D eigenvalue weighted by Gasteiger charge is 2.42. The van der Waals surface area contributed by atoms with Gasteiger partial charge in [-0.1, -0.05) is 40.5 Å². The lowest BCUT2D eigenvalue weighted by Crippen LogP contribution is -2.54. The molecule has 1 unspecified atom stereocenters. The van der Waals surface area contributed by atoms with Crippen LogP contribution in [-0.4, -0.2) is 24.2 Å². The zero-order valence-electron chi connectivity index (χ0n) is 16.0. The van der Waals surface area contributed by atoms with E-state index in [1.807, 2.05) is 14.0 Å². The van der Waals surface area contributed by atoms with Crippen LogP contribution in [-0.2, 0) is 9.53 Å². The molecule has 1 atom stereocenters. The number of likely N-dealkylation sites (N-methyl/N-ethyl adjacent to an activating group) is 1. The fraction of sp³-hybridized carbons (Fsp3) is 0.947. The topological polar surface area (TPSA) is 38.3 Å². The van der Waals surface area contributed by atoms with Crippen molar-refractivity contribution in [3.05, 3.63) is 0 Å². The summed E-state index contributed by atoms with van der Waals surface area (Å²) in [5.41, 5.74) is -0.939. The standard InChI is InChI=1S/C19H37NO2/c1-14-9-11-15(12-10-14)18(5,6)22-16(21)19(7,20-8)13-17(2,3)4/h14-15,20H,9-13H2,1-8H3. The number of carbonyl (C=O) groups is 1. The van der Waals surface area contributed by atoms with Crippen LogP contribution < -0.4 is 5.32 Å². The molecule has 0 spiro atoms. The lowest BCUT2D eigenvalue weighted by atomic mass is 9.75. The van der Waals surface area contributed by atoms with Crippen molar-refractivity contribution in [2.75, 3.05) is 7.05 Å². The Bertz CT molecular complexity index is 375. The van der Waals surface area contributed by atoms with Crippen molar-refractivity contribution in [3.8, 4) is 0 Å². The molecule has 0 radical (unpaired) electrons. The molecule has 0 amide bonds. The van der Waals surface area contributed by atoms with Gasteiger partial charge in [0, 0.05) is 0 Å². The second kappa shape index (κ2) is 6.90.